The second kappa shape index (κ2) is 6.78. The summed E-state index contributed by atoms with van der Waals surface area (Å²) in [5.74, 6) is -0.202. The summed E-state index contributed by atoms with van der Waals surface area (Å²) < 4.78 is 0. The summed E-state index contributed by atoms with van der Waals surface area (Å²) in [6.45, 7) is 1.91. The monoisotopic (exact) mass is 287 g/mol. The fraction of sp³-hybridized carbons (Fsp3) is 0.308. The molecule has 0 aliphatic heterocycles. The number of amides is 1. The van der Waals surface area contributed by atoms with Crippen molar-refractivity contribution in [3.63, 3.8) is 0 Å². The second-order valence-corrected chi connectivity index (χ2v) is 4.83. The van der Waals surface area contributed by atoms with Gasteiger partial charge in [-0.25, -0.2) is 0 Å². The summed E-state index contributed by atoms with van der Waals surface area (Å²) in [5, 5.41) is 10.0. The minimum absolute atomic E-state index is 0.202. The highest BCUT2D eigenvalue weighted by Crippen LogP contribution is 2.26. The fourth-order valence-corrected chi connectivity index (χ4v) is 1.79. The van der Waals surface area contributed by atoms with Crippen molar-refractivity contribution < 1.29 is 9.90 Å². The first-order valence-electron chi connectivity index (χ1n) is 5.47. The Bertz CT molecular complexity index is 458. The summed E-state index contributed by atoms with van der Waals surface area (Å²) in [4.78, 5) is 13.1. The molecule has 0 saturated heterocycles. The lowest BCUT2D eigenvalue weighted by Gasteiger charge is -2.16. The van der Waals surface area contributed by atoms with Gasteiger partial charge in [-0.05, 0) is 24.6 Å². The molecule has 0 heterocycles. The number of hydrogen-bond acceptors (Lipinski definition) is 2. The third kappa shape index (κ3) is 4.33. The van der Waals surface area contributed by atoms with Crippen molar-refractivity contribution in [2.45, 2.75) is 13.0 Å². The van der Waals surface area contributed by atoms with Crippen LogP contribution >= 0.6 is 23.2 Å². The van der Waals surface area contributed by atoms with Gasteiger partial charge in [-0.15, -0.1) is 0 Å². The van der Waals surface area contributed by atoms with Crippen molar-refractivity contribution in [2.24, 2.45) is 0 Å². The summed E-state index contributed by atoms with van der Waals surface area (Å²) >= 11 is 11.9. The molecule has 0 bridgehead atoms. The van der Waals surface area contributed by atoms with Crippen LogP contribution in [0.4, 0.5) is 0 Å². The first-order chi connectivity index (χ1) is 8.41. The predicted molar refractivity (Wildman–Crippen MR) is 74.8 cm³/mol. The average Bonchev–Trinajstić information content (AvgIpc) is 2.29. The number of likely N-dealkylation sites (N-methyl/N-ethyl adjacent to an activating group) is 1. The van der Waals surface area contributed by atoms with Crippen LogP contribution in [-0.4, -0.2) is 35.6 Å². The molecule has 0 aliphatic carbocycles. The van der Waals surface area contributed by atoms with Gasteiger partial charge in [-0.2, -0.15) is 0 Å². The molecule has 1 rings (SSSR count). The highest BCUT2D eigenvalue weighted by molar-refractivity contribution is 6.42. The van der Waals surface area contributed by atoms with Gasteiger partial charge in [0.05, 0.1) is 16.1 Å². The van der Waals surface area contributed by atoms with Gasteiger partial charge in [-0.1, -0.05) is 35.3 Å². The van der Waals surface area contributed by atoms with Crippen molar-refractivity contribution in [1.82, 2.24) is 4.90 Å². The molecule has 3 nitrogen and oxygen atoms in total. The largest absolute Gasteiger partial charge is 0.392 e. The van der Waals surface area contributed by atoms with Crippen LogP contribution in [-0.2, 0) is 4.79 Å². The van der Waals surface area contributed by atoms with E-state index in [1.165, 1.54) is 11.0 Å². The van der Waals surface area contributed by atoms with Crippen LogP contribution in [0.5, 0.6) is 0 Å². The molecule has 1 N–H and O–H groups in total. The Morgan fingerprint density at radius 1 is 1.50 bits per heavy atom. The number of carbonyl (C=O) groups is 1. The second-order valence-electron chi connectivity index (χ2n) is 4.04. The SMILES string of the molecule is CC(O)CN(C)C(=O)C=Cc1cccc(Cl)c1Cl. The minimum Gasteiger partial charge on any atom is -0.392 e. The topological polar surface area (TPSA) is 40.5 Å². The maximum Gasteiger partial charge on any atom is 0.246 e. The van der Waals surface area contributed by atoms with Gasteiger partial charge in [0.1, 0.15) is 0 Å². The first kappa shape index (κ1) is 15.0. The van der Waals surface area contributed by atoms with Crippen LogP contribution in [0.15, 0.2) is 24.3 Å². The van der Waals surface area contributed by atoms with E-state index in [1.54, 1.807) is 38.2 Å². The molecule has 0 aliphatic rings. The zero-order valence-electron chi connectivity index (χ0n) is 10.2. The molecule has 18 heavy (non-hydrogen) atoms. The van der Waals surface area contributed by atoms with Gasteiger partial charge in [-0.3, -0.25) is 4.79 Å². The molecule has 5 heteroatoms. The smallest absolute Gasteiger partial charge is 0.246 e. The Balaban J connectivity index is 2.75. The van der Waals surface area contributed by atoms with Crippen LogP contribution in [0.3, 0.4) is 0 Å². The number of nitrogens with zero attached hydrogens (tertiary/aromatic N) is 1. The molecule has 0 aromatic heterocycles. The van der Waals surface area contributed by atoms with E-state index in [2.05, 4.69) is 0 Å². The van der Waals surface area contributed by atoms with E-state index in [9.17, 15) is 9.90 Å². The number of aliphatic hydroxyl groups is 1. The molecule has 0 radical (unpaired) electrons. The molecule has 1 aromatic carbocycles. The van der Waals surface area contributed by atoms with Gasteiger partial charge in [0.25, 0.3) is 0 Å². The van der Waals surface area contributed by atoms with Crippen LogP contribution in [0, 0.1) is 0 Å². The number of benzene rings is 1. The minimum atomic E-state index is -0.554. The summed E-state index contributed by atoms with van der Waals surface area (Å²) in [5.41, 5.74) is 0.683. The number of halogens is 2. The normalized spacial score (nSPS) is 12.7. The van der Waals surface area contributed by atoms with Crippen LogP contribution in [0.25, 0.3) is 6.08 Å². The lowest BCUT2D eigenvalue weighted by molar-refractivity contribution is -0.125. The third-order valence-corrected chi connectivity index (χ3v) is 3.13. The summed E-state index contributed by atoms with van der Waals surface area (Å²) in [6, 6.07) is 5.22. The Labute approximate surface area is 117 Å². The van der Waals surface area contributed by atoms with Crippen molar-refractivity contribution in [1.29, 1.82) is 0 Å². The molecular formula is C13H15Cl2NO2. The van der Waals surface area contributed by atoms with E-state index < -0.39 is 6.10 Å². The maximum atomic E-state index is 11.7. The quantitative estimate of drug-likeness (QED) is 0.865. The van der Waals surface area contributed by atoms with Crippen molar-refractivity contribution in [2.75, 3.05) is 13.6 Å². The van der Waals surface area contributed by atoms with Crippen LogP contribution in [0.1, 0.15) is 12.5 Å². The summed E-state index contributed by atoms with van der Waals surface area (Å²) in [6.07, 6.45) is 2.46. The zero-order chi connectivity index (χ0) is 13.7. The lowest BCUT2D eigenvalue weighted by atomic mass is 10.2. The number of aliphatic hydroxyl groups excluding tert-OH is 1. The molecule has 0 spiro atoms. The van der Waals surface area contributed by atoms with Gasteiger partial charge < -0.3 is 10.0 Å². The van der Waals surface area contributed by atoms with E-state index in [0.717, 1.165) is 0 Å². The van der Waals surface area contributed by atoms with E-state index in [1.807, 2.05) is 0 Å². The van der Waals surface area contributed by atoms with E-state index >= 15 is 0 Å². The summed E-state index contributed by atoms with van der Waals surface area (Å²) in [7, 11) is 1.62. The number of carbonyl (C=O) groups excluding carboxylic acids is 1. The molecule has 1 aromatic rings. The standard InChI is InChI=1S/C13H15Cl2NO2/c1-9(17)8-16(2)12(18)7-6-10-4-3-5-11(14)13(10)15/h3-7,9,17H,8H2,1-2H3. The van der Waals surface area contributed by atoms with E-state index in [4.69, 9.17) is 23.2 Å². The van der Waals surface area contributed by atoms with Gasteiger partial charge in [0.2, 0.25) is 5.91 Å². The fourth-order valence-electron chi connectivity index (χ4n) is 1.42. The lowest BCUT2D eigenvalue weighted by Crippen LogP contribution is -2.31. The van der Waals surface area contributed by atoms with E-state index in [-0.39, 0.29) is 12.5 Å². The highest BCUT2D eigenvalue weighted by Gasteiger charge is 2.08. The first-order valence-corrected chi connectivity index (χ1v) is 6.22. The maximum absolute atomic E-state index is 11.7. The average molecular weight is 288 g/mol. The molecule has 0 fully saturated rings. The molecule has 0 saturated carbocycles. The predicted octanol–water partition coefficient (Wildman–Crippen LogP) is 2.85. The van der Waals surface area contributed by atoms with Gasteiger partial charge >= 0.3 is 0 Å². The third-order valence-electron chi connectivity index (χ3n) is 2.30. The molecule has 98 valence electrons. The van der Waals surface area contributed by atoms with Crippen LogP contribution in [0.2, 0.25) is 10.0 Å². The number of hydrogen-bond donors (Lipinski definition) is 1. The van der Waals surface area contributed by atoms with Crippen molar-refractivity contribution in [3.8, 4) is 0 Å². The van der Waals surface area contributed by atoms with Crippen LogP contribution < -0.4 is 0 Å². The Morgan fingerprint density at radius 3 is 2.78 bits per heavy atom. The molecular weight excluding hydrogens is 273 g/mol. The van der Waals surface area contributed by atoms with Crippen molar-refractivity contribution in [3.05, 3.63) is 39.9 Å². The molecule has 1 atom stereocenters. The Hall–Kier alpha value is -1.03. The Kier molecular flexibility index (Phi) is 5.66. The highest BCUT2D eigenvalue weighted by atomic mass is 35.5. The number of rotatable bonds is 4. The Morgan fingerprint density at radius 2 is 2.17 bits per heavy atom. The van der Waals surface area contributed by atoms with Gasteiger partial charge in [0, 0.05) is 19.7 Å². The zero-order valence-corrected chi connectivity index (χ0v) is 11.7. The van der Waals surface area contributed by atoms with Crippen molar-refractivity contribution >= 4 is 35.2 Å². The van der Waals surface area contributed by atoms with E-state index in [0.29, 0.717) is 15.6 Å². The molecule has 1 unspecified atom stereocenters. The molecule has 1 amide bonds. The van der Waals surface area contributed by atoms with Gasteiger partial charge in [0.15, 0.2) is 0 Å².